The highest BCUT2D eigenvalue weighted by molar-refractivity contribution is 5.91. The largest absolute Gasteiger partial charge is 0.412 e. The van der Waals surface area contributed by atoms with Crippen LogP contribution in [0.2, 0.25) is 0 Å². The number of hydrogen-bond donors (Lipinski definition) is 2. The lowest BCUT2D eigenvalue weighted by Crippen LogP contribution is -2.22. The smallest absolute Gasteiger partial charge is 0.410 e. The molecule has 0 aromatic heterocycles. The molecule has 86 valence electrons. The minimum absolute atomic E-state index is 0.264. The van der Waals surface area contributed by atoms with Crippen LogP contribution in [-0.2, 0) is 0 Å². The fraction of sp³-hybridized carbons (Fsp3) is 0.154. The summed E-state index contributed by atoms with van der Waals surface area (Å²) in [5.41, 5.74) is 3.40. The van der Waals surface area contributed by atoms with Crippen molar-refractivity contribution in [3.8, 4) is 5.75 Å². The lowest BCUT2D eigenvalue weighted by Gasteiger charge is -2.05. The first-order valence-corrected chi connectivity index (χ1v) is 5.47. The molecule has 17 heavy (non-hydrogen) atoms. The van der Waals surface area contributed by atoms with Gasteiger partial charge in [-0.1, -0.05) is 18.2 Å². The Labute approximate surface area is 99.0 Å². The van der Waals surface area contributed by atoms with Gasteiger partial charge in [-0.2, -0.15) is 0 Å². The summed E-state index contributed by atoms with van der Waals surface area (Å²) in [6, 6.07) is 5.86. The summed E-state index contributed by atoms with van der Waals surface area (Å²) >= 11 is 0. The molecule has 3 rings (SSSR count). The van der Waals surface area contributed by atoms with Crippen LogP contribution in [-0.4, -0.2) is 19.2 Å². The number of hydrogen-bond acceptors (Lipinski definition) is 3. The third-order valence-corrected chi connectivity index (χ3v) is 2.94. The molecular weight excluding hydrogens is 216 g/mol. The average molecular weight is 228 g/mol. The van der Waals surface area contributed by atoms with Crippen molar-refractivity contribution in [3.05, 3.63) is 42.0 Å². The Balaban J connectivity index is 1.93. The minimum Gasteiger partial charge on any atom is -0.410 e. The lowest BCUT2D eigenvalue weighted by atomic mass is 10.1. The van der Waals surface area contributed by atoms with Crippen molar-refractivity contribution in [1.82, 2.24) is 5.32 Å². The molecule has 4 nitrogen and oxygen atoms in total. The molecule has 4 heteroatoms. The van der Waals surface area contributed by atoms with Gasteiger partial charge < -0.3 is 15.4 Å². The van der Waals surface area contributed by atoms with E-state index in [-0.39, 0.29) is 6.04 Å². The summed E-state index contributed by atoms with van der Waals surface area (Å²) in [4.78, 5) is 11.1. The molecule has 1 amide bonds. The number of amides is 1. The zero-order valence-corrected chi connectivity index (χ0v) is 9.36. The summed E-state index contributed by atoms with van der Waals surface area (Å²) < 4.78 is 5.11. The van der Waals surface area contributed by atoms with Gasteiger partial charge in [0.15, 0.2) is 0 Å². The number of allylic oxidation sites excluding steroid dienone is 2. The van der Waals surface area contributed by atoms with E-state index in [9.17, 15) is 4.79 Å². The SMILES string of the molecule is CNC(=O)Oc1ccc2c(c1)C1=CC=CC1N2. The van der Waals surface area contributed by atoms with Gasteiger partial charge >= 0.3 is 6.09 Å². The van der Waals surface area contributed by atoms with Gasteiger partial charge in [0.2, 0.25) is 0 Å². The molecule has 2 aliphatic rings. The van der Waals surface area contributed by atoms with Crippen molar-refractivity contribution >= 4 is 17.4 Å². The molecule has 1 aromatic rings. The fourth-order valence-corrected chi connectivity index (χ4v) is 2.14. The molecule has 1 aliphatic heterocycles. The molecule has 0 saturated heterocycles. The van der Waals surface area contributed by atoms with Gasteiger partial charge in [-0.25, -0.2) is 4.79 Å². The van der Waals surface area contributed by atoms with Gasteiger partial charge in [0.05, 0.1) is 6.04 Å². The molecular formula is C13H12N2O2. The van der Waals surface area contributed by atoms with E-state index in [0.717, 1.165) is 11.3 Å². The molecule has 2 N–H and O–H groups in total. The third kappa shape index (κ3) is 1.58. The number of ether oxygens (including phenoxy) is 1. The van der Waals surface area contributed by atoms with Crippen molar-refractivity contribution in [2.24, 2.45) is 0 Å². The molecule has 1 atom stereocenters. The van der Waals surface area contributed by atoms with Gasteiger partial charge in [-0.3, -0.25) is 0 Å². The van der Waals surface area contributed by atoms with Crippen LogP contribution in [0.1, 0.15) is 5.56 Å². The zero-order valence-electron chi connectivity index (χ0n) is 9.36. The summed E-state index contributed by atoms with van der Waals surface area (Å²) in [6.07, 6.45) is 5.76. The van der Waals surface area contributed by atoms with E-state index in [1.807, 2.05) is 18.2 Å². The second-order valence-electron chi connectivity index (χ2n) is 3.98. The summed E-state index contributed by atoms with van der Waals surface area (Å²) in [6.45, 7) is 0. The third-order valence-electron chi connectivity index (χ3n) is 2.94. The Kier molecular flexibility index (Phi) is 2.14. The van der Waals surface area contributed by atoms with Crippen LogP contribution >= 0.6 is 0 Å². The van der Waals surface area contributed by atoms with Crippen molar-refractivity contribution in [1.29, 1.82) is 0 Å². The monoisotopic (exact) mass is 228 g/mol. The van der Waals surface area contributed by atoms with E-state index in [0.29, 0.717) is 5.75 Å². The molecule has 0 bridgehead atoms. The Morgan fingerprint density at radius 3 is 3.18 bits per heavy atom. The molecule has 0 saturated carbocycles. The second kappa shape index (κ2) is 3.66. The van der Waals surface area contributed by atoms with Crippen LogP contribution in [0.15, 0.2) is 36.4 Å². The Bertz CT molecular complexity index is 546. The van der Waals surface area contributed by atoms with Gasteiger partial charge in [-0.15, -0.1) is 0 Å². The standard InChI is InChI=1S/C13H12N2O2/c1-14-13(16)17-8-5-6-12-10(7-8)9-3-2-4-11(9)15-12/h2-7,11,15H,1H3,(H,14,16). The van der Waals surface area contributed by atoms with E-state index in [2.05, 4.69) is 22.8 Å². The molecule has 0 radical (unpaired) electrons. The van der Waals surface area contributed by atoms with Crippen molar-refractivity contribution in [3.63, 3.8) is 0 Å². The maximum absolute atomic E-state index is 11.1. The molecule has 1 aromatic carbocycles. The fourth-order valence-electron chi connectivity index (χ4n) is 2.14. The van der Waals surface area contributed by atoms with E-state index in [1.165, 1.54) is 12.6 Å². The maximum atomic E-state index is 11.1. The molecule has 1 heterocycles. The van der Waals surface area contributed by atoms with Crippen LogP contribution < -0.4 is 15.4 Å². The number of fused-ring (bicyclic) bond motifs is 3. The van der Waals surface area contributed by atoms with E-state index < -0.39 is 6.09 Å². The van der Waals surface area contributed by atoms with Crippen LogP contribution in [0.5, 0.6) is 5.75 Å². The number of nitrogens with one attached hydrogen (secondary N) is 2. The average Bonchev–Trinajstić information content (AvgIpc) is 2.89. The summed E-state index contributed by atoms with van der Waals surface area (Å²) in [7, 11) is 1.54. The summed E-state index contributed by atoms with van der Waals surface area (Å²) in [5, 5.41) is 5.80. The lowest BCUT2D eigenvalue weighted by molar-refractivity contribution is 0.203. The number of rotatable bonds is 1. The normalized spacial score (nSPS) is 19.1. The minimum atomic E-state index is -0.453. The first-order chi connectivity index (χ1) is 8.28. The van der Waals surface area contributed by atoms with Gasteiger partial charge in [0, 0.05) is 18.3 Å². The topological polar surface area (TPSA) is 50.4 Å². The van der Waals surface area contributed by atoms with Crippen molar-refractivity contribution in [2.45, 2.75) is 6.04 Å². The van der Waals surface area contributed by atoms with Gasteiger partial charge in [-0.05, 0) is 23.8 Å². The number of carbonyl (C=O) groups excluding carboxylic acids is 1. The van der Waals surface area contributed by atoms with E-state index >= 15 is 0 Å². The first-order valence-electron chi connectivity index (χ1n) is 5.47. The van der Waals surface area contributed by atoms with Crippen LogP contribution in [0, 0.1) is 0 Å². The van der Waals surface area contributed by atoms with Crippen molar-refractivity contribution < 1.29 is 9.53 Å². The highest BCUT2D eigenvalue weighted by Gasteiger charge is 2.26. The number of carbonyl (C=O) groups is 1. The van der Waals surface area contributed by atoms with Gasteiger partial charge in [0.25, 0.3) is 0 Å². The first kappa shape index (κ1) is 9.96. The highest BCUT2D eigenvalue weighted by Crippen LogP contribution is 2.39. The Morgan fingerprint density at radius 2 is 2.35 bits per heavy atom. The molecule has 0 fully saturated rings. The summed E-state index contributed by atoms with van der Waals surface area (Å²) in [5.74, 6) is 0.554. The predicted octanol–water partition coefficient (Wildman–Crippen LogP) is 2.15. The van der Waals surface area contributed by atoms with Crippen LogP contribution in [0.25, 0.3) is 5.57 Å². The quantitative estimate of drug-likeness (QED) is 0.774. The highest BCUT2D eigenvalue weighted by atomic mass is 16.5. The molecule has 0 spiro atoms. The van der Waals surface area contributed by atoms with Crippen molar-refractivity contribution in [2.75, 3.05) is 12.4 Å². The molecule has 1 aliphatic carbocycles. The molecule has 1 unspecified atom stereocenters. The van der Waals surface area contributed by atoms with E-state index in [1.54, 1.807) is 6.07 Å². The number of anilines is 1. The zero-order chi connectivity index (χ0) is 11.8. The predicted molar refractivity (Wildman–Crippen MR) is 66.1 cm³/mol. The van der Waals surface area contributed by atoms with Gasteiger partial charge in [0.1, 0.15) is 5.75 Å². The van der Waals surface area contributed by atoms with E-state index in [4.69, 9.17) is 4.74 Å². The van der Waals surface area contributed by atoms with Crippen LogP contribution in [0.3, 0.4) is 0 Å². The maximum Gasteiger partial charge on any atom is 0.412 e. The second-order valence-corrected chi connectivity index (χ2v) is 3.98. The number of benzene rings is 1. The Hall–Kier alpha value is -2.23. The Morgan fingerprint density at radius 1 is 1.47 bits per heavy atom. The van der Waals surface area contributed by atoms with Crippen LogP contribution in [0.4, 0.5) is 10.5 Å².